The molecule has 0 bridgehead atoms. The average molecular weight is 313 g/mol. The summed E-state index contributed by atoms with van der Waals surface area (Å²) in [4.78, 5) is 2.52. The van der Waals surface area contributed by atoms with Crippen LogP contribution < -0.4 is 5.32 Å². The van der Waals surface area contributed by atoms with Gasteiger partial charge in [-0.15, -0.1) is 0 Å². The van der Waals surface area contributed by atoms with E-state index in [1.807, 2.05) is 18.2 Å². The Morgan fingerprint density at radius 3 is 2.55 bits per heavy atom. The van der Waals surface area contributed by atoms with E-state index in [2.05, 4.69) is 24.1 Å². The molecule has 110 valence electrons. The highest BCUT2D eigenvalue weighted by molar-refractivity contribution is 6.35. The quantitative estimate of drug-likeness (QED) is 0.909. The Hall–Kier alpha value is -0.280. The summed E-state index contributed by atoms with van der Waals surface area (Å²) in [6, 6.07) is 6.27. The summed E-state index contributed by atoms with van der Waals surface area (Å²) in [7, 11) is 0. The van der Waals surface area contributed by atoms with E-state index >= 15 is 0 Å². The minimum Gasteiger partial charge on any atom is -0.308 e. The Morgan fingerprint density at radius 1 is 1.30 bits per heavy atom. The number of piperazine rings is 1. The Balaban J connectivity index is 1.78. The van der Waals surface area contributed by atoms with Crippen LogP contribution >= 0.6 is 23.2 Å². The van der Waals surface area contributed by atoms with E-state index in [9.17, 15) is 0 Å². The normalized spacial score (nSPS) is 31.5. The lowest BCUT2D eigenvalue weighted by molar-refractivity contribution is 0.0771. The first-order valence-electron chi connectivity index (χ1n) is 7.41. The number of nitrogens with zero attached hydrogens (tertiary/aromatic N) is 1. The molecule has 0 amide bonds. The zero-order chi connectivity index (χ0) is 14.3. The van der Waals surface area contributed by atoms with E-state index in [0.717, 1.165) is 41.2 Å². The van der Waals surface area contributed by atoms with Gasteiger partial charge >= 0.3 is 0 Å². The Kier molecular flexibility index (Phi) is 4.02. The van der Waals surface area contributed by atoms with Crippen LogP contribution in [0, 0.1) is 5.92 Å². The smallest absolute Gasteiger partial charge is 0.0465 e. The SMILES string of the molecule is CC1CNC(C)(C2CC2)CN1Cc1c(Cl)cccc1Cl. The van der Waals surface area contributed by atoms with Crippen LogP contribution in [-0.4, -0.2) is 29.6 Å². The number of nitrogens with one attached hydrogen (secondary N) is 1. The second-order valence-corrected chi connectivity index (χ2v) is 7.34. The van der Waals surface area contributed by atoms with Crippen LogP contribution in [0.5, 0.6) is 0 Å². The highest BCUT2D eigenvalue weighted by Gasteiger charge is 2.45. The number of benzene rings is 1. The molecular formula is C16H22Cl2N2. The third-order valence-corrected chi connectivity index (χ3v) is 5.57. The monoisotopic (exact) mass is 312 g/mol. The lowest BCUT2D eigenvalue weighted by Gasteiger charge is -2.46. The van der Waals surface area contributed by atoms with Gasteiger partial charge in [-0.2, -0.15) is 0 Å². The van der Waals surface area contributed by atoms with Gasteiger partial charge in [0.2, 0.25) is 0 Å². The van der Waals surface area contributed by atoms with Crippen LogP contribution in [0.25, 0.3) is 0 Å². The van der Waals surface area contributed by atoms with E-state index in [1.165, 1.54) is 12.8 Å². The van der Waals surface area contributed by atoms with Crippen molar-refractivity contribution in [3.8, 4) is 0 Å². The van der Waals surface area contributed by atoms with Crippen molar-refractivity contribution in [3.63, 3.8) is 0 Å². The van der Waals surface area contributed by atoms with E-state index in [1.54, 1.807) is 0 Å². The van der Waals surface area contributed by atoms with Crippen LogP contribution in [0.3, 0.4) is 0 Å². The molecular weight excluding hydrogens is 291 g/mol. The molecule has 1 aliphatic heterocycles. The molecule has 2 unspecified atom stereocenters. The average Bonchev–Trinajstić information content (AvgIpc) is 3.23. The van der Waals surface area contributed by atoms with Gasteiger partial charge in [0.15, 0.2) is 0 Å². The molecule has 2 fully saturated rings. The molecule has 2 aliphatic rings. The fourth-order valence-corrected chi connectivity index (χ4v) is 3.75. The van der Waals surface area contributed by atoms with Crippen LogP contribution in [0.2, 0.25) is 10.0 Å². The van der Waals surface area contributed by atoms with Gasteiger partial charge in [-0.3, -0.25) is 4.90 Å². The topological polar surface area (TPSA) is 15.3 Å². The van der Waals surface area contributed by atoms with Crippen LogP contribution in [-0.2, 0) is 6.54 Å². The van der Waals surface area contributed by atoms with Gasteiger partial charge in [-0.1, -0.05) is 29.3 Å². The summed E-state index contributed by atoms with van der Waals surface area (Å²) in [5, 5.41) is 5.29. The molecule has 1 N–H and O–H groups in total. The molecule has 0 radical (unpaired) electrons. The first-order chi connectivity index (χ1) is 9.49. The van der Waals surface area contributed by atoms with Crippen molar-refractivity contribution in [3.05, 3.63) is 33.8 Å². The van der Waals surface area contributed by atoms with Gasteiger partial charge in [0.25, 0.3) is 0 Å². The first kappa shape index (κ1) is 14.6. The van der Waals surface area contributed by atoms with Crippen LogP contribution in [0.4, 0.5) is 0 Å². The zero-order valence-corrected chi connectivity index (χ0v) is 13.6. The van der Waals surface area contributed by atoms with E-state index in [-0.39, 0.29) is 5.54 Å². The molecule has 1 aliphatic carbocycles. The maximum absolute atomic E-state index is 6.32. The van der Waals surface area contributed by atoms with Gasteiger partial charge in [0, 0.05) is 46.8 Å². The molecule has 3 rings (SSSR count). The number of halogens is 2. The summed E-state index contributed by atoms with van der Waals surface area (Å²) in [5.41, 5.74) is 1.31. The molecule has 1 saturated heterocycles. The van der Waals surface area contributed by atoms with Crippen molar-refractivity contribution in [1.82, 2.24) is 10.2 Å². The molecule has 1 aromatic carbocycles. The fraction of sp³-hybridized carbons (Fsp3) is 0.625. The van der Waals surface area contributed by atoms with Crippen molar-refractivity contribution in [1.29, 1.82) is 0 Å². The second kappa shape index (κ2) is 5.49. The maximum atomic E-state index is 6.32. The second-order valence-electron chi connectivity index (χ2n) is 6.53. The largest absolute Gasteiger partial charge is 0.308 e. The summed E-state index contributed by atoms with van der Waals surface area (Å²) in [6.45, 7) is 7.57. The van der Waals surface area contributed by atoms with Crippen molar-refractivity contribution in [2.75, 3.05) is 13.1 Å². The highest BCUT2D eigenvalue weighted by Crippen LogP contribution is 2.41. The molecule has 20 heavy (non-hydrogen) atoms. The van der Waals surface area contributed by atoms with Gasteiger partial charge in [0.05, 0.1) is 0 Å². The summed E-state index contributed by atoms with van der Waals surface area (Å²) < 4.78 is 0. The fourth-order valence-electron chi connectivity index (χ4n) is 3.24. The Bertz CT molecular complexity index is 481. The predicted molar refractivity (Wildman–Crippen MR) is 85.5 cm³/mol. The molecule has 4 heteroatoms. The number of hydrogen-bond donors (Lipinski definition) is 1. The van der Waals surface area contributed by atoms with E-state index in [4.69, 9.17) is 23.2 Å². The summed E-state index contributed by atoms with van der Waals surface area (Å²) >= 11 is 12.6. The Labute approximate surface area is 131 Å². The number of hydrogen-bond acceptors (Lipinski definition) is 2. The van der Waals surface area contributed by atoms with Gasteiger partial charge in [0.1, 0.15) is 0 Å². The minimum absolute atomic E-state index is 0.250. The number of rotatable bonds is 3. The van der Waals surface area contributed by atoms with Gasteiger partial charge in [-0.05, 0) is 44.7 Å². The van der Waals surface area contributed by atoms with Crippen molar-refractivity contribution < 1.29 is 0 Å². The molecule has 1 heterocycles. The van der Waals surface area contributed by atoms with Gasteiger partial charge < -0.3 is 5.32 Å². The van der Waals surface area contributed by atoms with E-state index in [0.29, 0.717) is 6.04 Å². The van der Waals surface area contributed by atoms with Crippen molar-refractivity contribution in [2.24, 2.45) is 5.92 Å². The lowest BCUT2D eigenvalue weighted by Crippen LogP contribution is -2.62. The molecule has 1 saturated carbocycles. The minimum atomic E-state index is 0.250. The molecule has 1 aromatic rings. The van der Waals surface area contributed by atoms with Crippen LogP contribution in [0.1, 0.15) is 32.3 Å². The molecule has 2 atom stereocenters. The summed E-state index contributed by atoms with van der Waals surface area (Å²) in [6.07, 6.45) is 2.72. The van der Waals surface area contributed by atoms with E-state index < -0.39 is 0 Å². The van der Waals surface area contributed by atoms with Crippen molar-refractivity contribution >= 4 is 23.2 Å². The maximum Gasteiger partial charge on any atom is 0.0465 e. The lowest BCUT2D eigenvalue weighted by atomic mass is 9.91. The third-order valence-electron chi connectivity index (χ3n) is 4.86. The standard InChI is InChI=1S/C16H22Cl2N2/c1-11-8-19-16(2,12-6-7-12)10-20(11)9-13-14(17)4-3-5-15(13)18/h3-5,11-12,19H,6-10H2,1-2H3. The first-order valence-corrected chi connectivity index (χ1v) is 8.17. The van der Waals surface area contributed by atoms with Crippen molar-refractivity contribution in [2.45, 2.75) is 44.8 Å². The van der Waals surface area contributed by atoms with Gasteiger partial charge in [-0.25, -0.2) is 0 Å². The molecule has 2 nitrogen and oxygen atoms in total. The highest BCUT2D eigenvalue weighted by atomic mass is 35.5. The third kappa shape index (κ3) is 2.85. The Morgan fingerprint density at radius 2 is 1.95 bits per heavy atom. The summed E-state index contributed by atoms with van der Waals surface area (Å²) in [5.74, 6) is 0.833. The van der Waals surface area contributed by atoms with Crippen LogP contribution in [0.15, 0.2) is 18.2 Å². The molecule has 0 aromatic heterocycles. The predicted octanol–water partition coefficient (Wildman–Crippen LogP) is 3.96. The molecule has 0 spiro atoms. The zero-order valence-electron chi connectivity index (χ0n) is 12.1.